The summed E-state index contributed by atoms with van der Waals surface area (Å²) in [5.41, 5.74) is 0. The van der Waals surface area contributed by atoms with E-state index in [4.69, 9.17) is 18.5 Å². The summed E-state index contributed by atoms with van der Waals surface area (Å²) < 4.78 is 34.5. The molecule has 0 N–H and O–H groups in total. The van der Waals surface area contributed by atoms with Gasteiger partial charge in [0.1, 0.15) is 19.8 Å². The van der Waals surface area contributed by atoms with Crippen LogP contribution in [-0.4, -0.2) is 70.0 Å². The van der Waals surface area contributed by atoms with Crippen molar-refractivity contribution in [3.8, 4) is 0 Å². The number of nitrogens with zero attached hydrogens (tertiary/aromatic N) is 1. The number of phosphoric acid groups is 1. The SMILES string of the molecule is CC/C=C\C/C=C\C/C=C\C/C=C\C/C=C\C/C=C\C/C=C\C/C=C\CCCCCCCCCCCCCCCCC(=O)OC(COC(=O)CCCCCCCCCCCCCCCCCCCCC/C=C\C/C=C\C/C=C\C/C=C\C/C=C\C/C=C\C/C=C\CC)COP(=O)([O-])OCC[N+](C)(C)C. The van der Waals surface area contributed by atoms with Crippen molar-refractivity contribution in [2.45, 2.75) is 354 Å². The van der Waals surface area contributed by atoms with Crippen molar-refractivity contribution in [2.24, 2.45) is 0 Å². The number of unbranched alkanes of at least 4 members (excludes halogenated alkanes) is 33. The molecule has 0 saturated heterocycles. The van der Waals surface area contributed by atoms with Gasteiger partial charge in [0.05, 0.1) is 27.7 Å². The van der Waals surface area contributed by atoms with Crippen LogP contribution in [0.2, 0.25) is 0 Å². The van der Waals surface area contributed by atoms with Gasteiger partial charge in [0.25, 0.3) is 7.82 Å². The van der Waals surface area contributed by atoms with Crippen LogP contribution < -0.4 is 4.89 Å². The Bertz CT molecular complexity index is 2420. The van der Waals surface area contributed by atoms with Crippen molar-refractivity contribution >= 4 is 19.8 Å². The predicted octanol–water partition coefficient (Wildman–Crippen LogP) is 28.3. The molecular formula is C94H158NO8P. The molecule has 0 aromatic carbocycles. The van der Waals surface area contributed by atoms with E-state index in [1.54, 1.807) is 0 Å². The summed E-state index contributed by atoms with van der Waals surface area (Å²) in [6.45, 7) is 4.03. The van der Waals surface area contributed by atoms with E-state index >= 15 is 0 Å². The van der Waals surface area contributed by atoms with Gasteiger partial charge < -0.3 is 27.9 Å². The van der Waals surface area contributed by atoms with E-state index in [1.807, 2.05) is 21.1 Å². The Morgan fingerprint density at radius 2 is 0.519 bits per heavy atom. The molecule has 0 heterocycles. The van der Waals surface area contributed by atoms with Crippen LogP contribution in [0.3, 0.4) is 0 Å². The molecule has 0 bridgehead atoms. The number of phosphoric ester groups is 1. The minimum absolute atomic E-state index is 0.0360. The average Bonchev–Trinajstić information content (AvgIpc) is 0.915. The van der Waals surface area contributed by atoms with Gasteiger partial charge in [-0.3, -0.25) is 14.2 Å². The number of ether oxygens (including phenoxy) is 2. The van der Waals surface area contributed by atoms with Crippen LogP contribution in [0.25, 0.3) is 0 Å². The molecule has 0 rings (SSSR count). The number of likely N-dealkylation sites (N-methyl/N-ethyl adjacent to an activating group) is 1. The molecular weight excluding hydrogens is 1300 g/mol. The number of carbonyl (C=O) groups excluding carboxylic acids is 2. The van der Waals surface area contributed by atoms with Crippen LogP contribution in [0.15, 0.2) is 182 Å². The van der Waals surface area contributed by atoms with Gasteiger partial charge in [0, 0.05) is 12.8 Å². The predicted molar refractivity (Wildman–Crippen MR) is 452 cm³/mol. The largest absolute Gasteiger partial charge is 0.756 e. The maximum Gasteiger partial charge on any atom is 0.306 e. The van der Waals surface area contributed by atoms with Crippen molar-refractivity contribution in [3.05, 3.63) is 182 Å². The summed E-state index contributed by atoms with van der Waals surface area (Å²) in [7, 11) is 1.16. The van der Waals surface area contributed by atoms with Gasteiger partial charge in [-0.15, -0.1) is 0 Å². The first-order valence-electron chi connectivity index (χ1n) is 42.5. The molecule has 0 amide bonds. The molecule has 10 heteroatoms. The van der Waals surface area contributed by atoms with Gasteiger partial charge in [0.15, 0.2) is 6.10 Å². The third-order valence-electron chi connectivity index (χ3n) is 17.9. The smallest absolute Gasteiger partial charge is 0.306 e. The number of hydrogen-bond donors (Lipinski definition) is 0. The van der Waals surface area contributed by atoms with Crippen LogP contribution in [0.5, 0.6) is 0 Å². The summed E-state index contributed by atoms with van der Waals surface area (Å²) in [6, 6.07) is 0. The van der Waals surface area contributed by atoms with Crippen LogP contribution >= 0.6 is 7.82 Å². The molecule has 0 saturated carbocycles. The van der Waals surface area contributed by atoms with Crippen molar-refractivity contribution < 1.29 is 42.1 Å². The normalized spacial score (nSPS) is 13.9. The second-order valence-electron chi connectivity index (χ2n) is 29.1. The Kier molecular flexibility index (Phi) is 78.3. The second kappa shape index (κ2) is 82.2. The lowest BCUT2D eigenvalue weighted by Gasteiger charge is -2.28. The number of hydrogen-bond acceptors (Lipinski definition) is 8. The lowest BCUT2D eigenvalue weighted by atomic mass is 10.0. The van der Waals surface area contributed by atoms with Gasteiger partial charge >= 0.3 is 11.9 Å². The molecule has 0 aliphatic rings. The van der Waals surface area contributed by atoms with Gasteiger partial charge in [-0.05, 0) is 135 Å². The van der Waals surface area contributed by atoms with Gasteiger partial charge in [-0.1, -0.05) is 382 Å². The molecule has 0 aromatic rings. The summed E-state index contributed by atoms with van der Waals surface area (Å²) in [6.07, 6.45) is 126. The first kappa shape index (κ1) is 99.1. The van der Waals surface area contributed by atoms with E-state index in [0.29, 0.717) is 17.4 Å². The Balaban J connectivity index is 3.97. The van der Waals surface area contributed by atoms with Crippen molar-refractivity contribution in [1.82, 2.24) is 0 Å². The standard InChI is InChI=1S/C94H158NO8P/c1-6-8-10-12-14-16-18-20-22-24-26-28-30-32-34-36-38-40-42-44-46-47-49-50-52-54-56-58-60-62-64-66-68-70-72-74-76-78-80-82-84-86-93(96)100-90-92(91-102-104(98,99)101-89-88-95(3,4)5)103-94(97)87-85-83-81-79-77-75-73-71-69-67-65-63-61-59-57-55-53-51-48-45-43-41-39-37-35-33-31-29-27-25-23-21-19-17-15-13-11-9-7-2/h8-11,14-17,20-23,26-29,32-35,38-41,44-46,48,53,55,92H,6-7,12-13,18-19,24-25,30-31,36-37,42-43,47,49-52,54,56-91H2,1-5H3/b10-8-,11-9-,16-14-,17-15-,22-20-,23-21-,28-26-,29-27-,34-32-,35-33-,40-38-,41-39-,46-44-,48-45-,55-53-. The number of allylic oxidation sites excluding steroid dienone is 30. The van der Waals surface area contributed by atoms with Crippen molar-refractivity contribution in [2.75, 3.05) is 47.5 Å². The molecule has 2 unspecified atom stereocenters. The van der Waals surface area contributed by atoms with Crippen molar-refractivity contribution in [3.63, 3.8) is 0 Å². The Morgan fingerprint density at radius 3 is 0.769 bits per heavy atom. The molecule has 592 valence electrons. The maximum atomic E-state index is 12.9. The molecule has 0 aromatic heterocycles. The zero-order valence-electron chi connectivity index (χ0n) is 67.7. The first-order valence-corrected chi connectivity index (χ1v) is 44.0. The zero-order chi connectivity index (χ0) is 75.4. The van der Waals surface area contributed by atoms with Crippen LogP contribution in [0.1, 0.15) is 348 Å². The molecule has 2 atom stereocenters. The van der Waals surface area contributed by atoms with E-state index in [2.05, 4.69) is 196 Å². The van der Waals surface area contributed by atoms with E-state index in [-0.39, 0.29) is 32.0 Å². The molecule has 9 nitrogen and oxygen atoms in total. The number of carbonyl (C=O) groups is 2. The van der Waals surface area contributed by atoms with Gasteiger partial charge in [-0.25, -0.2) is 0 Å². The number of quaternary nitrogens is 1. The van der Waals surface area contributed by atoms with Crippen LogP contribution in [0.4, 0.5) is 0 Å². The monoisotopic (exact) mass is 1460 g/mol. The first-order chi connectivity index (χ1) is 51.0. The summed E-state index contributed by atoms with van der Waals surface area (Å²) in [5, 5.41) is 0. The maximum absolute atomic E-state index is 12.9. The summed E-state index contributed by atoms with van der Waals surface area (Å²) in [4.78, 5) is 38.3. The average molecular weight is 1460 g/mol. The highest BCUT2D eigenvalue weighted by Crippen LogP contribution is 2.38. The number of esters is 2. The zero-order valence-corrected chi connectivity index (χ0v) is 68.6. The Hall–Kier alpha value is -4.89. The summed E-state index contributed by atoms with van der Waals surface area (Å²) >= 11 is 0. The molecule has 0 spiro atoms. The minimum Gasteiger partial charge on any atom is -0.756 e. The fourth-order valence-corrected chi connectivity index (χ4v) is 12.3. The van der Waals surface area contributed by atoms with Crippen molar-refractivity contribution in [1.29, 1.82) is 0 Å². The lowest BCUT2D eigenvalue weighted by Crippen LogP contribution is -2.37. The van der Waals surface area contributed by atoms with Gasteiger partial charge in [0.2, 0.25) is 0 Å². The highest BCUT2D eigenvalue weighted by Gasteiger charge is 2.22. The molecule has 0 aliphatic carbocycles. The third-order valence-corrected chi connectivity index (χ3v) is 18.9. The lowest BCUT2D eigenvalue weighted by molar-refractivity contribution is -0.870. The van der Waals surface area contributed by atoms with E-state index in [9.17, 15) is 19.0 Å². The minimum atomic E-state index is -4.66. The molecule has 0 fully saturated rings. The highest BCUT2D eigenvalue weighted by molar-refractivity contribution is 7.45. The van der Waals surface area contributed by atoms with Gasteiger partial charge in [-0.2, -0.15) is 0 Å². The third kappa shape index (κ3) is 86.0. The fraction of sp³-hybridized carbons (Fsp3) is 0.660. The quantitative estimate of drug-likeness (QED) is 0.0195. The Labute approximate surface area is 641 Å². The summed E-state index contributed by atoms with van der Waals surface area (Å²) in [5.74, 6) is -0.829. The molecule has 104 heavy (non-hydrogen) atoms. The Morgan fingerprint density at radius 1 is 0.298 bits per heavy atom. The highest BCUT2D eigenvalue weighted by atomic mass is 31.2. The second-order valence-corrected chi connectivity index (χ2v) is 30.5. The molecule has 0 aliphatic heterocycles. The van der Waals surface area contributed by atoms with Crippen LogP contribution in [-0.2, 0) is 32.7 Å². The van der Waals surface area contributed by atoms with E-state index in [0.717, 1.165) is 135 Å². The van der Waals surface area contributed by atoms with Crippen LogP contribution in [0, 0.1) is 0 Å². The van der Waals surface area contributed by atoms with E-state index in [1.165, 1.54) is 180 Å². The number of rotatable bonds is 77. The fourth-order valence-electron chi connectivity index (χ4n) is 11.5. The van der Waals surface area contributed by atoms with E-state index < -0.39 is 26.5 Å². The molecule has 0 radical (unpaired) electrons. The topological polar surface area (TPSA) is 111 Å².